The summed E-state index contributed by atoms with van der Waals surface area (Å²) in [5, 5.41) is 13.1. The molecule has 0 heterocycles. The summed E-state index contributed by atoms with van der Waals surface area (Å²) in [5.74, 6) is -0.691. The molecule has 2 atom stereocenters. The summed E-state index contributed by atoms with van der Waals surface area (Å²) < 4.78 is 26.4. The molecular weight excluding hydrogens is 236 g/mol. The van der Waals surface area contributed by atoms with Crippen LogP contribution in [0.15, 0.2) is 18.2 Å². The second-order valence-corrected chi connectivity index (χ2v) is 4.85. The Bertz CT molecular complexity index is 382. The first kappa shape index (κ1) is 15.1. The zero-order chi connectivity index (χ0) is 13.7. The van der Waals surface area contributed by atoms with Crippen molar-refractivity contribution in [1.82, 2.24) is 5.32 Å². The number of halogens is 2. The summed E-state index contributed by atoms with van der Waals surface area (Å²) in [6.45, 7) is 6.43. The summed E-state index contributed by atoms with van der Waals surface area (Å²) >= 11 is 0. The lowest BCUT2D eigenvalue weighted by molar-refractivity contribution is 0.160. The average Bonchev–Trinajstić information content (AvgIpc) is 2.32. The molecule has 2 N–H and O–H groups in total. The minimum Gasteiger partial charge on any atom is -0.387 e. The molecule has 2 nitrogen and oxygen atoms in total. The first-order valence-electron chi connectivity index (χ1n) is 6.32. The zero-order valence-electron chi connectivity index (χ0n) is 11.1. The van der Waals surface area contributed by atoms with Crippen LogP contribution >= 0.6 is 0 Å². The van der Waals surface area contributed by atoms with Crippen LogP contribution in [0.5, 0.6) is 0 Å². The van der Waals surface area contributed by atoms with Gasteiger partial charge in [-0.05, 0) is 30.5 Å². The molecule has 18 heavy (non-hydrogen) atoms. The predicted molar refractivity (Wildman–Crippen MR) is 68.2 cm³/mol. The van der Waals surface area contributed by atoms with E-state index in [1.54, 1.807) is 0 Å². The van der Waals surface area contributed by atoms with Crippen LogP contribution in [-0.2, 0) is 0 Å². The molecule has 0 aliphatic carbocycles. The van der Waals surface area contributed by atoms with E-state index in [1.165, 1.54) is 0 Å². The molecule has 0 aromatic heterocycles. The van der Waals surface area contributed by atoms with Crippen LogP contribution < -0.4 is 5.32 Å². The first-order chi connectivity index (χ1) is 8.45. The van der Waals surface area contributed by atoms with Crippen molar-refractivity contribution >= 4 is 0 Å². The topological polar surface area (TPSA) is 32.3 Å². The quantitative estimate of drug-likeness (QED) is 0.821. The third kappa shape index (κ3) is 4.03. The molecule has 2 unspecified atom stereocenters. The Balaban J connectivity index is 2.65. The normalized spacial score (nSPS) is 14.8. The lowest BCUT2D eigenvalue weighted by atomic mass is 10.0. The molecule has 0 radical (unpaired) electrons. The van der Waals surface area contributed by atoms with Crippen molar-refractivity contribution in [3.05, 3.63) is 35.4 Å². The Morgan fingerprint density at radius 1 is 1.28 bits per heavy atom. The molecule has 0 spiro atoms. The van der Waals surface area contributed by atoms with Crippen molar-refractivity contribution in [2.45, 2.75) is 39.3 Å². The van der Waals surface area contributed by atoms with Gasteiger partial charge in [0.2, 0.25) is 0 Å². The van der Waals surface area contributed by atoms with Gasteiger partial charge in [-0.2, -0.15) is 0 Å². The van der Waals surface area contributed by atoms with Crippen LogP contribution in [0, 0.1) is 17.6 Å². The predicted octanol–water partition coefficient (Wildman–Crippen LogP) is 3.02. The maximum atomic E-state index is 13.4. The van der Waals surface area contributed by atoms with Gasteiger partial charge in [-0.25, -0.2) is 8.78 Å². The molecule has 0 saturated carbocycles. The van der Waals surface area contributed by atoms with Crippen LogP contribution in [-0.4, -0.2) is 17.7 Å². The molecule has 0 bridgehead atoms. The first-order valence-corrected chi connectivity index (χ1v) is 6.32. The van der Waals surface area contributed by atoms with Gasteiger partial charge in [0.25, 0.3) is 0 Å². The summed E-state index contributed by atoms with van der Waals surface area (Å²) in [6, 6.07) is 3.38. The molecule has 4 heteroatoms. The van der Waals surface area contributed by atoms with E-state index in [4.69, 9.17) is 0 Å². The number of nitrogens with one attached hydrogen (secondary N) is 1. The highest BCUT2D eigenvalue weighted by atomic mass is 19.1. The van der Waals surface area contributed by atoms with Crippen molar-refractivity contribution in [3.8, 4) is 0 Å². The minimum absolute atomic E-state index is 0.00103. The van der Waals surface area contributed by atoms with Crippen molar-refractivity contribution in [2.75, 3.05) is 6.54 Å². The molecule has 0 aliphatic heterocycles. The fraction of sp³-hybridized carbons (Fsp3) is 0.571. The SMILES string of the molecule is CCC(NCC(O)c1cc(F)ccc1F)C(C)C. The number of aliphatic hydroxyl groups excluding tert-OH is 1. The highest BCUT2D eigenvalue weighted by Gasteiger charge is 2.16. The average molecular weight is 257 g/mol. The van der Waals surface area contributed by atoms with E-state index in [1.807, 2.05) is 6.92 Å². The van der Waals surface area contributed by atoms with E-state index in [9.17, 15) is 13.9 Å². The van der Waals surface area contributed by atoms with Crippen LogP contribution in [0.2, 0.25) is 0 Å². The lowest BCUT2D eigenvalue weighted by Gasteiger charge is -2.23. The Labute approximate surface area is 107 Å². The Hall–Kier alpha value is -1.00. The fourth-order valence-electron chi connectivity index (χ4n) is 1.99. The van der Waals surface area contributed by atoms with E-state index in [2.05, 4.69) is 19.2 Å². The van der Waals surface area contributed by atoms with E-state index in [-0.39, 0.29) is 18.2 Å². The molecule has 1 aromatic rings. The summed E-state index contributed by atoms with van der Waals surface area (Å²) in [5.41, 5.74) is 0.00103. The highest BCUT2D eigenvalue weighted by molar-refractivity contribution is 5.21. The molecule has 1 rings (SSSR count). The fourth-order valence-corrected chi connectivity index (χ4v) is 1.99. The summed E-state index contributed by atoms with van der Waals surface area (Å²) in [4.78, 5) is 0. The highest BCUT2D eigenvalue weighted by Crippen LogP contribution is 2.18. The van der Waals surface area contributed by atoms with Crippen molar-refractivity contribution in [2.24, 2.45) is 5.92 Å². The van der Waals surface area contributed by atoms with Crippen molar-refractivity contribution in [1.29, 1.82) is 0 Å². The number of hydrogen-bond donors (Lipinski definition) is 2. The second-order valence-electron chi connectivity index (χ2n) is 4.85. The van der Waals surface area contributed by atoms with Gasteiger partial charge in [0.1, 0.15) is 11.6 Å². The summed E-state index contributed by atoms with van der Waals surface area (Å²) in [6.07, 6.45) is -0.107. The maximum absolute atomic E-state index is 13.4. The molecular formula is C14H21F2NO. The molecule has 1 aromatic carbocycles. The number of benzene rings is 1. The van der Waals surface area contributed by atoms with Crippen LogP contribution in [0.25, 0.3) is 0 Å². The Morgan fingerprint density at radius 3 is 2.50 bits per heavy atom. The van der Waals surface area contributed by atoms with Gasteiger partial charge >= 0.3 is 0 Å². The van der Waals surface area contributed by atoms with E-state index < -0.39 is 17.7 Å². The Kier molecular flexibility index (Phi) is 5.69. The monoisotopic (exact) mass is 257 g/mol. The standard InChI is InChI=1S/C14H21F2NO/c1-4-13(9(2)3)17-8-14(18)11-7-10(15)5-6-12(11)16/h5-7,9,13-14,17-18H,4,8H2,1-3H3. The van der Waals surface area contributed by atoms with Crippen molar-refractivity contribution in [3.63, 3.8) is 0 Å². The largest absolute Gasteiger partial charge is 0.387 e. The van der Waals surface area contributed by atoms with Crippen LogP contribution in [0.4, 0.5) is 8.78 Å². The third-order valence-corrected chi connectivity index (χ3v) is 3.13. The minimum atomic E-state index is -1.03. The zero-order valence-corrected chi connectivity index (χ0v) is 11.1. The summed E-state index contributed by atoms with van der Waals surface area (Å²) in [7, 11) is 0. The van der Waals surface area contributed by atoms with E-state index in [0.29, 0.717) is 5.92 Å². The smallest absolute Gasteiger partial charge is 0.129 e. The van der Waals surface area contributed by atoms with Gasteiger partial charge in [-0.1, -0.05) is 20.8 Å². The molecule has 0 amide bonds. The van der Waals surface area contributed by atoms with Gasteiger partial charge in [0.05, 0.1) is 6.10 Å². The molecule has 0 aliphatic rings. The molecule has 102 valence electrons. The molecule has 0 saturated heterocycles. The third-order valence-electron chi connectivity index (χ3n) is 3.13. The van der Waals surface area contributed by atoms with E-state index >= 15 is 0 Å². The van der Waals surface area contributed by atoms with Gasteiger partial charge in [-0.15, -0.1) is 0 Å². The van der Waals surface area contributed by atoms with Gasteiger partial charge in [-0.3, -0.25) is 0 Å². The van der Waals surface area contributed by atoms with Crippen LogP contribution in [0.1, 0.15) is 38.9 Å². The Morgan fingerprint density at radius 2 is 1.94 bits per heavy atom. The van der Waals surface area contributed by atoms with Gasteiger partial charge < -0.3 is 10.4 Å². The number of hydrogen-bond acceptors (Lipinski definition) is 2. The maximum Gasteiger partial charge on any atom is 0.129 e. The number of aliphatic hydroxyl groups is 1. The van der Waals surface area contributed by atoms with E-state index in [0.717, 1.165) is 24.6 Å². The van der Waals surface area contributed by atoms with Crippen molar-refractivity contribution < 1.29 is 13.9 Å². The van der Waals surface area contributed by atoms with Gasteiger partial charge in [0.15, 0.2) is 0 Å². The van der Waals surface area contributed by atoms with Gasteiger partial charge in [0, 0.05) is 18.2 Å². The molecule has 0 fully saturated rings. The number of rotatable bonds is 6. The second kappa shape index (κ2) is 6.81. The van der Waals surface area contributed by atoms with Crippen LogP contribution in [0.3, 0.4) is 0 Å². The lowest BCUT2D eigenvalue weighted by Crippen LogP contribution is -2.36.